The van der Waals surface area contributed by atoms with Gasteiger partial charge in [0.2, 0.25) is 0 Å². The van der Waals surface area contributed by atoms with Gasteiger partial charge in [0.25, 0.3) is 0 Å². The predicted molar refractivity (Wildman–Crippen MR) is 65.8 cm³/mol. The van der Waals surface area contributed by atoms with Gasteiger partial charge in [0.1, 0.15) is 6.29 Å². The van der Waals surface area contributed by atoms with E-state index in [4.69, 9.17) is 0 Å². The molecule has 1 aromatic carbocycles. The van der Waals surface area contributed by atoms with Gasteiger partial charge in [0.05, 0.1) is 5.54 Å². The Balaban J connectivity index is 1.98. The molecule has 2 rings (SSSR count). The molecule has 1 aliphatic rings. The topological polar surface area (TPSA) is 29.1 Å². The summed E-state index contributed by atoms with van der Waals surface area (Å²) in [6.45, 7) is 0. The molecule has 4 heteroatoms. The zero-order valence-electron chi connectivity index (χ0n) is 8.20. The molecule has 0 radical (unpaired) electrons. The number of carbonyl (C=O) groups excluding carboxylic acids is 1. The molecule has 80 valence electrons. The average molecular weight is 286 g/mol. The van der Waals surface area contributed by atoms with Gasteiger partial charge >= 0.3 is 0 Å². The number of hydrogen-bond acceptors (Lipinski definition) is 3. The largest absolute Gasteiger partial charge is 0.301 e. The van der Waals surface area contributed by atoms with Gasteiger partial charge in [-0.05, 0) is 59.3 Å². The number of hydrogen-bond donors (Lipinski definition) is 1. The summed E-state index contributed by atoms with van der Waals surface area (Å²) in [5, 5.41) is 0. The van der Waals surface area contributed by atoms with Crippen LogP contribution in [0.5, 0.6) is 0 Å². The van der Waals surface area contributed by atoms with Crippen LogP contribution in [0.4, 0.5) is 0 Å². The predicted octanol–water partition coefficient (Wildman–Crippen LogP) is 3.17. The van der Waals surface area contributed by atoms with Crippen LogP contribution in [0, 0.1) is 0 Å². The Morgan fingerprint density at radius 1 is 1.40 bits per heavy atom. The molecular formula is C11H12BrNOS. The minimum Gasteiger partial charge on any atom is -0.301 e. The molecule has 1 N–H and O–H groups in total. The lowest BCUT2D eigenvalue weighted by molar-refractivity contribution is -0.115. The van der Waals surface area contributed by atoms with Crippen molar-refractivity contribution in [3.8, 4) is 0 Å². The van der Waals surface area contributed by atoms with Crippen LogP contribution in [-0.2, 0) is 4.79 Å². The standard InChI is InChI=1S/C11H12BrNOS/c12-9-4-1-2-5-10(9)15-13-11(8-14)6-3-7-11/h1-2,4-5,8,13H,3,6-7H2. The molecule has 0 saturated heterocycles. The highest BCUT2D eigenvalue weighted by Crippen LogP contribution is 2.34. The molecule has 1 saturated carbocycles. The maximum atomic E-state index is 10.9. The van der Waals surface area contributed by atoms with Crippen molar-refractivity contribution in [3.05, 3.63) is 28.7 Å². The van der Waals surface area contributed by atoms with E-state index in [2.05, 4.69) is 20.7 Å². The van der Waals surface area contributed by atoms with Gasteiger partial charge in [0, 0.05) is 9.37 Å². The Labute approximate surface area is 102 Å². The van der Waals surface area contributed by atoms with Gasteiger partial charge in [-0.15, -0.1) is 0 Å². The first kappa shape index (κ1) is 11.2. The van der Waals surface area contributed by atoms with Gasteiger partial charge < -0.3 is 4.79 Å². The van der Waals surface area contributed by atoms with E-state index in [-0.39, 0.29) is 5.54 Å². The minimum atomic E-state index is -0.278. The van der Waals surface area contributed by atoms with Gasteiger partial charge in [-0.3, -0.25) is 0 Å². The molecule has 0 spiro atoms. The summed E-state index contributed by atoms with van der Waals surface area (Å²) >= 11 is 5.00. The Hall–Kier alpha value is -0.320. The first-order chi connectivity index (χ1) is 7.26. The summed E-state index contributed by atoms with van der Waals surface area (Å²) in [5.74, 6) is 0. The first-order valence-corrected chi connectivity index (χ1v) is 6.52. The Kier molecular flexibility index (Phi) is 3.49. The molecule has 0 heterocycles. The summed E-state index contributed by atoms with van der Waals surface area (Å²) in [7, 11) is 0. The van der Waals surface area contributed by atoms with Crippen molar-refractivity contribution in [1.29, 1.82) is 0 Å². The summed E-state index contributed by atoms with van der Waals surface area (Å²) in [6.07, 6.45) is 4.09. The SMILES string of the molecule is O=CC1(NSc2ccccc2Br)CCC1. The molecule has 1 fully saturated rings. The second-order valence-electron chi connectivity index (χ2n) is 3.76. The molecule has 0 amide bonds. The van der Waals surface area contributed by atoms with E-state index in [0.29, 0.717) is 0 Å². The van der Waals surface area contributed by atoms with Crippen LogP contribution >= 0.6 is 27.9 Å². The number of halogens is 1. The van der Waals surface area contributed by atoms with E-state index in [1.54, 1.807) is 0 Å². The van der Waals surface area contributed by atoms with Crippen LogP contribution in [0.2, 0.25) is 0 Å². The number of aldehydes is 1. The average Bonchev–Trinajstić information content (AvgIpc) is 2.19. The molecule has 0 aliphatic heterocycles. The molecule has 0 aromatic heterocycles. The van der Waals surface area contributed by atoms with E-state index >= 15 is 0 Å². The molecule has 0 unspecified atom stereocenters. The van der Waals surface area contributed by atoms with Crippen LogP contribution < -0.4 is 4.72 Å². The highest BCUT2D eigenvalue weighted by molar-refractivity contribution is 9.10. The van der Waals surface area contributed by atoms with Crippen LogP contribution in [0.25, 0.3) is 0 Å². The third kappa shape index (κ3) is 2.44. The summed E-state index contributed by atoms with van der Waals surface area (Å²) < 4.78 is 4.32. The smallest absolute Gasteiger partial charge is 0.140 e. The summed E-state index contributed by atoms with van der Waals surface area (Å²) in [5.41, 5.74) is -0.278. The summed E-state index contributed by atoms with van der Waals surface area (Å²) in [6, 6.07) is 7.99. The molecule has 0 bridgehead atoms. The Morgan fingerprint density at radius 3 is 2.67 bits per heavy atom. The van der Waals surface area contributed by atoms with E-state index < -0.39 is 0 Å². The lowest BCUT2D eigenvalue weighted by Gasteiger charge is -2.36. The molecule has 0 atom stereocenters. The third-order valence-electron chi connectivity index (χ3n) is 2.67. The fourth-order valence-corrected chi connectivity index (χ4v) is 2.89. The number of benzene rings is 1. The third-order valence-corrected chi connectivity index (χ3v) is 4.71. The number of rotatable bonds is 4. The molecule has 2 nitrogen and oxygen atoms in total. The van der Waals surface area contributed by atoms with E-state index in [0.717, 1.165) is 34.9 Å². The second-order valence-corrected chi connectivity index (χ2v) is 5.46. The van der Waals surface area contributed by atoms with Gasteiger partial charge in [-0.2, -0.15) is 0 Å². The van der Waals surface area contributed by atoms with E-state index in [9.17, 15) is 4.79 Å². The molecule has 1 aromatic rings. The highest BCUT2D eigenvalue weighted by Gasteiger charge is 2.36. The maximum absolute atomic E-state index is 10.9. The lowest BCUT2D eigenvalue weighted by Crippen LogP contribution is -2.49. The fourth-order valence-electron chi connectivity index (χ4n) is 1.49. The van der Waals surface area contributed by atoms with Crippen LogP contribution in [0.15, 0.2) is 33.6 Å². The monoisotopic (exact) mass is 285 g/mol. The zero-order chi connectivity index (χ0) is 10.7. The number of carbonyl (C=O) groups is 1. The van der Waals surface area contributed by atoms with Crippen LogP contribution in [-0.4, -0.2) is 11.8 Å². The van der Waals surface area contributed by atoms with Crippen molar-refractivity contribution in [3.63, 3.8) is 0 Å². The lowest BCUT2D eigenvalue weighted by atomic mass is 9.79. The van der Waals surface area contributed by atoms with Crippen LogP contribution in [0.3, 0.4) is 0 Å². The normalized spacial score (nSPS) is 18.2. The molecule has 15 heavy (non-hydrogen) atoms. The molecule has 1 aliphatic carbocycles. The molecular weight excluding hydrogens is 274 g/mol. The van der Waals surface area contributed by atoms with Crippen molar-refractivity contribution in [2.45, 2.75) is 29.7 Å². The van der Waals surface area contributed by atoms with E-state index in [1.807, 2.05) is 24.3 Å². The first-order valence-electron chi connectivity index (χ1n) is 4.91. The van der Waals surface area contributed by atoms with Crippen molar-refractivity contribution < 1.29 is 4.79 Å². The Bertz CT molecular complexity index is 365. The maximum Gasteiger partial charge on any atom is 0.140 e. The van der Waals surface area contributed by atoms with Gasteiger partial charge in [-0.1, -0.05) is 12.1 Å². The fraction of sp³-hybridized carbons (Fsp3) is 0.364. The minimum absolute atomic E-state index is 0.278. The second kappa shape index (κ2) is 4.68. The van der Waals surface area contributed by atoms with Gasteiger partial charge in [0.15, 0.2) is 0 Å². The van der Waals surface area contributed by atoms with E-state index in [1.165, 1.54) is 11.9 Å². The quantitative estimate of drug-likeness (QED) is 0.681. The highest BCUT2D eigenvalue weighted by atomic mass is 79.9. The zero-order valence-corrected chi connectivity index (χ0v) is 10.6. The van der Waals surface area contributed by atoms with Crippen LogP contribution in [0.1, 0.15) is 19.3 Å². The van der Waals surface area contributed by atoms with Crippen molar-refractivity contribution in [2.75, 3.05) is 0 Å². The number of nitrogens with one attached hydrogen (secondary N) is 1. The van der Waals surface area contributed by atoms with Crippen molar-refractivity contribution >= 4 is 34.2 Å². The van der Waals surface area contributed by atoms with Crippen molar-refractivity contribution in [1.82, 2.24) is 4.72 Å². The Morgan fingerprint density at radius 2 is 2.13 bits per heavy atom. The van der Waals surface area contributed by atoms with Gasteiger partial charge in [-0.25, -0.2) is 4.72 Å². The van der Waals surface area contributed by atoms with Crippen molar-refractivity contribution in [2.24, 2.45) is 0 Å². The summed E-state index contributed by atoms with van der Waals surface area (Å²) in [4.78, 5) is 12.0.